The SMILES string of the molecule is CC(C)C(CC(=O)c1ccccc1)c1cn(C)c2ccccc12. The van der Waals surface area contributed by atoms with Crippen molar-refractivity contribution in [2.24, 2.45) is 13.0 Å². The minimum Gasteiger partial charge on any atom is -0.350 e. The Morgan fingerprint density at radius 2 is 1.65 bits per heavy atom. The monoisotopic (exact) mass is 305 g/mol. The highest BCUT2D eigenvalue weighted by Crippen LogP contribution is 2.35. The number of fused-ring (bicyclic) bond motifs is 1. The lowest BCUT2D eigenvalue weighted by Crippen LogP contribution is -2.12. The predicted octanol–water partition coefficient (Wildman–Crippen LogP) is 5.19. The van der Waals surface area contributed by atoms with Gasteiger partial charge in [0.1, 0.15) is 0 Å². The van der Waals surface area contributed by atoms with Gasteiger partial charge in [0.15, 0.2) is 5.78 Å². The molecule has 0 saturated carbocycles. The van der Waals surface area contributed by atoms with E-state index in [4.69, 9.17) is 0 Å². The molecule has 0 aliphatic carbocycles. The van der Waals surface area contributed by atoms with E-state index in [0.717, 1.165) is 5.56 Å². The average Bonchev–Trinajstić information content (AvgIpc) is 2.90. The van der Waals surface area contributed by atoms with Crippen molar-refractivity contribution in [3.8, 4) is 0 Å². The molecule has 1 atom stereocenters. The van der Waals surface area contributed by atoms with Crippen LogP contribution in [0.4, 0.5) is 0 Å². The summed E-state index contributed by atoms with van der Waals surface area (Å²) in [7, 11) is 2.07. The molecule has 0 aliphatic heterocycles. The normalized spacial score (nSPS) is 12.7. The Morgan fingerprint density at radius 1 is 1.00 bits per heavy atom. The molecule has 2 heteroatoms. The number of rotatable bonds is 5. The van der Waals surface area contributed by atoms with Crippen LogP contribution >= 0.6 is 0 Å². The van der Waals surface area contributed by atoms with Crippen LogP contribution in [0.15, 0.2) is 60.8 Å². The first-order chi connectivity index (χ1) is 11.1. The Labute approximate surface area is 137 Å². The summed E-state index contributed by atoms with van der Waals surface area (Å²) >= 11 is 0. The van der Waals surface area contributed by atoms with E-state index >= 15 is 0 Å². The highest BCUT2D eigenvalue weighted by atomic mass is 16.1. The van der Waals surface area contributed by atoms with Gasteiger partial charge in [-0.15, -0.1) is 0 Å². The largest absolute Gasteiger partial charge is 0.350 e. The number of carbonyl (C=O) groups is 1. The lowest BCUT2D eigenvalue weighted by Gasteiger charge is -2.20. The van der Waals surface area contributed by atoms with Crippen molar-refractivity contribution in [2.45, 2.75) is 26.2 Å². The third kappa shape index (κ3) is 3.07. The van der Waals surface area contributed by atoms with Gasteiger partial charge in [-0.2, -0.15) is 0 Å². The standard InChI is InChI=1S/C21H23NO/c1-15(2)18(13-21(23)16-9-5-4-6-10-16)19-14-22(3)20-12-8-7-11-17(19)20/h4-12,14-15,18H,13H2,1-3H3. The zero-order chi connectivity index (χ0) is 16.4. The molecule has 3 rings (SSSR count). The maximum absolute atomic E-state index is 12.7. The summed E-state index contributed by atoms with van der Waals surface area (Å²) in [6.45, 7) is 4.40. The van der Waals surface area contributed by atoms with E-state index in [9.17, 15) is 4.79 Å². The zero-order valence-corrected chi connectivity index (χ0v) is 14.0. The highest BCUT2D eigenvalue weighted by molar-refractivity contribution is 5.97. The van der Waals surface area contributed by atoms with E-state index in [1.807, 2.05) is 30.3 Å². The van der Waals surface area contributed by atoms with Crippen LogP contribution in [0, 0.1) is 5.92 Å². The van der Waals surface area contributed by atoms with Crippen molar-refractivity contribution < 1.29 is 4.79 Å². The highest BCUT2D eigenvalue weighted by Gasteiger charge is 2.23. The summed E-state index contributed by atoms with van der Waals surface area (Å²) in [5.74, 6) is 0.861. The van der Waals surface area contributed by atoms with Gasteiger partial charge in [0.25, 0.3) is 0 Å². The summed E-state index contributed by atoms with van der Waals surface area (Å²) in [5.41, 5.74) is 3.31. The van der Waals surface area contributed by atoms with Gasteiger partial charge in [-0.05, 0) is 23.5 Å². The van der Waals surface area contributed by atoms with E-state index in [0.29, 0.717) is 12.3 Å². The van der Waals surface area contributed by atoms with Crippen molar-refractivity contribution >= 4 is 16.7 Å². The molecule has 0 radical (unpaired) electrons. The van der Waals surface area contributed by atoms with Crippen molar-refractivity contribution in [1.82, 2.24) is 4.57 Å². The molecule has 3 aromatic rings. The molecule has 1 unspecified atom stereocenters. The number of Topliss-reactive ketones (excluding diaryl/α,β-unsaturated/α-hetero) is 1. The first-order valence-corrected chi connectivity index (χ1v) is 8.20. The van der Waals surface area contributed by atoms with E-state index in [-0.39, 0.29) is 11.7 Å². The van der Waals surface area contributed by atoms with E-state index in [1.165, 1.54) is 16.5 Å². The molecule has 0 saturated heterocycles. The third-order valence-corrected chi connectivity index (χ3v) is 4.63. The molecular weight excluding hydrogens is 282 g/mol. The van der Waals surface area contributed by atoms with Crippen molar-refractivity contribution in [2.75, 3.05) is 0 Å². The molecule has 0 aliphatic rings. The number of benzene rings is 2. The molecular formula is C21H23NO. The van der Waals surface area contributed by atoms with Gasteiger partial charge in [-0.1, -0.05) is 62.4 Å². The van der Waals surface area contributed by atoms with Crippen molar-refractivity contribution in [1.29, 1.82) is 0 Å². The maximum Gasteiger partial charge on any atom is 0.163 e. The Morgan fingerprint density at radius 3 is 2.35 bits per heavy atom. The number of hydrogen-bond acceptors (Lipinski definition) is 1. The maximum atomic E-state index is 12.7. The van der Waals surface area contributed by atoms with Gasteiger partial charge >= 0.3 is 0 Å². The quantitative estimate of drug-likeness (QED) is 0.594. The number of para-hydroxylation sites is 1. The number of hydrogen-bond donors (Lipinski definition) is 0. The van der Waals surface area contributed by atoms with Gasteiger partial charge < -0.3 is 4.57 Å². The smallest absolute Gasteiger partial charge is 0.163 e. The topological polar surface area (TPSA) is 22.0 Å². The number of nitrogens with zero attached hydrogens (tertiary/aromatic N) is 1. The first-order valence-electron chi connectivity index (χ1n) is 8.20. The summed E-state index contributed by atoms with van der Waals surface area (Å²) in [4.78, 5) is 12.7. The van der Waals surface area contributed by atoms with Crippen LogP contribution in [0.3, 0.4) is 0 Å². The van der Waals surface area contributed by atoms with E-state index in [2.05, 4.69) is 55.9 Å². The lowest BCUT2D eigenvalue weighted by atomic mass is 9.83. The molecule has 2 nitrogen and oxygen atoms in total. The van der Waals surface area contributed by atoms with Crippen LogP contribution in [-0.4, -0.2) is 10.4 Å². The Balaban J connectivity index is 1.97. The minimum atomic E-state index is 0.220. The van der Waals surface area contributed by atoms with Gasteiger partial charge in [0, 0.05) is 36.1 Å². The number of aryl methyl sites for hydroxylation is 1. The van der Waals surface area contributed by atoms with Crippen molar-refractivity contribution in [3.05, 3.63) is 71.9 Å². The molecule has 2 aromatic carbocycles. The van der Waals surface area contributed by atoms with Crippen molar-refractivity contribution in [3.63, 3.8) is 0 Å². The molecule has 23 heavy (non-hydrogen) atoms. The molecule has 0 bridgehead atoms. The molecule has 0 fully saturated rings. The fraction of sp³-hybridized carbons (Fsp3) is 0.286. The van der Waals surface area contributed by atoms with Crippen LogP contribution in [-0.2, 0) is 7.05 Å². The molecule has 0 amide bonds. The second-order valence-electron chi connectivity index (χ2n) is 6.56. The second kappa shape index (κ2) is 6.41. The molecule has 0 N–H and O–H groups in total. The summed E-state index contributed by atoms with van der Waals surface area (Å²) in [6, 6.07) is 18.0. The summed E-state index contributed by atoms with van der Waals surface area (Å²) < 4.78 is 2.16. The van der Waals surface area contributed by atoms with Crippen LogP contribution < -0.4 is 0 Å². The number of ketones is 1. The van der Waals surface area contributed by atoms with Crippen LogP contribution in [0.5, 0.6) is 0 Å². The van der Waals surface area contributed by atoms with Gasteiger partial charge in [-0.25, -0.2) is 0 Å². The van der Waals surface area contributed by atoms with E-state index in [1.54, 1.807) is 0 Å². The number of carbonyl (C=O) groups excluding carboxylic acids is 1. The Hall–Kier alpha value is -2.35. The van der Waals surface area contributed by atoms with Crippen LogP contribution in [0.2, 0.25) is 0 Å². The third-order valence-electron chi connectivity index (χ3n) is 4.63. The lowest BCUT2D eigenvalue weighted by molar-refractivity contribution is 0.0966. The average molecular weight is 305 g/mol. The van der Waals surface area contributed by atoms with Gasteiger partial charge in [-0.3, -0.25) is 4.79 Å². The predicted molar refractivity (Wildman–Crippen MR) is 95.9 cm³/mol. The van der Waals surface area contributed by atoms with Gasteiger partial charge in [0.05, 0.1) is 0 Å². The van der Waals surface area contributed by atoms with Crippen LogP contribution in [0.25, 0.3) is 10.9 Å². The van der Waals surface area contributed by atoms with E-state index < -0.39 is 0 Å². The fourth-order valence-electron chi connectivity index (χ4n) is 3.31. The molecule has 1 aromatic heterocycles. The van der Waals surface area contributed by atoms with Gasteiger partial charge in [0.2, 0.25) is 0 Å². The summed E-state index contributed by atoms with van der Waals surface area (Å²) in [5, 5.41) is 1.26. The Kier molecular flexibility index (Phi) is 4.33. The minimum absolute atomic E-state index is 0.220. The second-order valence-corrected chi connectivity index (χ2v) is 6.56. The summed E-state index contributed by atoms with van der Waals surface area (Å²) in [6.07, 6.45) is 2.74. The number of aromatic nitrogens is 1. The molecule has 0 spiro atoms. The molecule has 118 valence electrons. The zero-order valence-electron chi connectivity index (χ0n) is 14.0. The molecule has 1 heterocycles. The fourth-order valence-corrected chi connectivity index (χ4v) is 3.31. The Bertz CT molecular complexity index is 814. The van der Waals surface area contributed by atoms with Crippen LogP contribution in [0.1, 0.15) is 42.1 Å². The first kappa shape index (κ1) is 15.5.